The van der Waals surface area contributed by atoms with Crippen LogP contribution in [-0.4, -0.2) is 20.1 Å². The molecule has 1 fully saturated rings. The summed E-state index contributed by atoms with van der Waals surface area (Å²) in [4.78, 5) is 2.16. The first-order valence-electron chi connectivity index (χ1n) is 6.34. The maximum absolute atomic E-state index is 14.0. The summed E-state index contributed by atoms with van der Waals surface area (Å²) in [7, 11) is 1.88. The van der Waals surface area contributed by atoms with Crippen LogP contribution in [0.5, 0.6) is 0 Å². The van der Waals surface area contributed by atoms with Gasteiger partial charge in [-0.25, -0.2) is 4.39 Å². The Labute approximate surface area is 103 Å². The van der Waals surface area contributed by atoms with Gasteiger partial charge in [-0.3, -0.25) is 0 Å². The van der Waals surface area contributed by atoms with Gasteiger partial charge in [0.25, 0.3) is 0 Å². The summed E-state index contributed by atoms with van der Waals surface area (Å²) >= 11 is 0. The predicted molar refractivity (Wildman–Crippen MR) is 71.3 cm³/mol. The monoisotopic (exact) mass is 236 g/mol. The van der Waals surface area contributed by atoms with E-state index in [2.05, 4.69) is 17.1 Å². The standard InChI is InChI=1S/C14H21FN2/c1-10-4-6-17(7-5-10)14-9-13(16-3)11(2)8-12(14)15/h8-10,16H,4-7H2,1-3H3. The lowest BCUT2D eigenvalue weighted by molar-refractivity contribution is 0.434. The first-order chi connectivity index (χ1) is 8.11. The maximum atomic E-state index is 14.0. The van der Waals surface area contributed by atoms with Gasteiger partial charge in [-0.1, -0.05) is 6.92 Å². The van der Waals surface area contributed by atoms with Gasteiger partial charge in [0.1, 0.15) is 5.82 Å². The molecule has 0 aliphatic carbocycles. The van der Waals surface area contributed by atoms with E-state index < -0.39 is 0 Å². The van der Waals surface area contributed by atoms with Crippen LogP contribution in [0.15, 0.2) is 12.1 Å². The largest absolute Gasteiger partial charge is 0.388 e. The molecular weight excluding hydrogens is 215 g/mol. The van der Waals surface area contributed by atoms with E-state index in [9.17, 15) is 4.39 Å². The normalized spacial score (nSPS) is 17.3. The quantitative estimate of drug-likeness (QED) is 0.846. The fourth-order valence-corrected chi connectivity index (χ4v) is 2.42. The number of rotatable bonds is 2. The van der Waals surface area contributed by atoms with E-state index in [1.54, 1.807) is 6.07 Å². The second-order valence-corrected chi connectivity index (χ2v) is 5.04. The first-order valence-corrected chi connectivity index (χ1v) is 6.34. The molecule has 1 aromatic rings. The zero-order valence-electron chi connectivity index (χ0n) is 10.9. The highest BCUT2D eigenvalue weighted by Crippen LogP contribution is 2.29. The van der Waals surface area contributed by atoms with Gasteiger partial charge < -0.3 is 10.2 Å². The number of anilines is 2. The highest BCUT2D eigenvalue weighted by Gasteiger charge is 2.19. The van der Waals surface area contributed by atoms with Crippen LogP contribution in [0.1, 0.15) is 25.3 Å². The van der Waals surface area contributed by atoms with Gasteiger partial charge in [0.2, 0.25) is 0 Å². The zero-order chi connectivity index (χ0) is 12.4. The van der Waals surface area contributed by atoms with Crippen molar-refractivity contribution in [3.05, 3.63) is 23.5 Å². The van der Waals surface area contributed by atoms with Gasteiger partial charge in [-0.05, 0) is 43.4 Å². The van der Waals surface area contributed by atoms with Gasteiger partial charge in [-0.2, -0.15) is 0 Å². The van der Waals surface area contributed by atoms with Gasteiger partial charge >= 0.3 is 0 Å². The van der Waals surface area contributed by atoms with Crippen molar-refractivity contribution in [1.82, 2.24) is 0 Å². The molecular formula is C14H21FN2. The highest BCUT2D eigenvalue weighted by atomic mass is 19.1. The van der Waals surface area contributed by atoms with Gasteiger partial charge in [0.05, 0.1) is 5.69 Å². The van der Waals surface area contributed by atoms with Crippen LogP contribution in [0.4, 0.5) is 15.8 Å². The molecule has 0 aromatic heterocycles. The van der Waals surface area contributed by atoms with E-state index in [0.29, 0.717) is 0 Å². The van der Waals surface area contributed by atoms with Crippen molar-refractivity contribution in [3.63, 3.8) is 0 Å². The van der Waals surface area contributed by atoms with Crippen molar-refractivity contribution in [3.8, 4) is 0 Å². The van der Waals surface area contributed by atoms with Crippen LogP contribution in [0.2, 0.25) is 0 Å². The molecule has 1 aliphatic heterocycles. The minimum Gasteiger partial charge on any atom is -0.388 e. The van der Waals surface area contributed by atoms with E-state index in [1.165, 1.54) is 0 Å². The van der Waals surface area contributed by atoms with Crippen LogP contribution in [0, 0.1) is 18.7 Å². The van der Waals surface area contributed by atoms with Crippen molar-refractivity contribution in [2.75, 3.05) is 30.4 Å². The lowest BCUT2D eigenvalue weighted by atomic mass is 9.98. The molecule has 2 nitrogen and oxygen atoms in total. The number of piperidine rings is 1. The fourth-order valence-electron chi connectivity index (χ4n) is 2.42. The van der Waals surface area contributed by atoms with E-state index in [-0.39, 0.29) is 5.82 Å². The number of aryl methyl sites for hydroxylation is 1. The molecule has 1 aromatic carbocycles. The van der Waals surface area contributed by atoms with Crippen molar-refractivity contribution in [2.45, 2.75) is 26.7 Å². The molecule has 0 amide bonds. The topological polar surface area (TPSA) is 15.3 Å². The smallest absolute Gasteiger partial charge is 0.146 e. The number of nitrogens with zero attached hydrogens (tertiary/aromatic N) is 1. The van der Waals surface area contributed by atoms with Crippen molar-refractivity contribution < 1.29 is 4.39 Å². The Morgan fingerprint density at radius 1 is 1.29 bits per heavy atom. The molecule has 1 aliphatic rings. The Bertz CT molecular complexity index is 395. The molecule has 3 heteroatoms. The molecule has 0 spiro atoms. The number of hydrogen-bond acceptors (Lipinski definition) is 2. The Kier molecular flexibility index (Phi) is 3.55. The second-order valence-electron chi connectivity index (χ2n) is 5.04. The molecule has 2 rings (SSSR count). The second kappa shape index (κ2) is 4.94. The van der Waals surface area contributed by atoms with Crippen molar-refractivity contribution in [1.29, 1.82) is 0 Å². The van der Waals surface area contributed by atoms with Crippen LogP contribution in [-0.2, 0) is 0 Å². The summed E-state index contributed by atoms with van der Waals surface area (Å²) in [5, 5.41) is 3.12. The number of benzene rings is 1. The molecule has 94 valence electrons. The average Bonchev–Trinajstić information content (AvgIpc) is 2.31. The van der Waals surface area contributed by atoms with E-state index in [1.807, 2.05) is 20.0 Å². The Hall–Kier alpha value is -1.25. The lowest BCUT2D eigenvalue weighted by Crippen LogP contribution is -2.33. The summed E-state index contributed by atoms with van der Waals surface area (Å²) in [6, 6.07) is 3.56. The molecule has 0 unspecified atom stereocenters. The first kappa shape index (κ1) is 12.2. The fraction of sp³-hybridized carbons (Fsp3) is 0.571. The summed E-state index contributed by atoms with van der Waals surface area (Å²) in [5.74, 6) is 0.666. The third kappa shape index (κ3) is 2.54. The minimum absolute atomic E-state index is 0.101. The van der Waals surface area contributed by atoms with Gasteiger partial charge in [0, 0.05) is 25.8 Å². The molecule has 1 heterocycles. The van der Waals surface area contributed by atoms with Crippen LogP contribution in [0.25, 0.3) is 0 Å². The maximum Gasteiger partial charge on any atom is 0.146 e. The molecule has 0 atom stereocenters. The summed E-state index contributed by atoms with van der Waals surface area (Å²) in [6.07, 6.45) is 2.31. The Morgan fingerprint density at radius 2 is 1.94 bits per heavy atom. The van der Waals surface area contributed by atoms with Crippen molar-refractivity contribution >= 4 is 11.4 Å². The van der Waals surface area contributed by atoms with E-state index >= 15 is 0 Å². The Morgan fingerprint density at radius 3 is 2.53 bits per heavy atom. The molecule has 17 heavy (non-hydrogen) atoms. The molecule has 0 bridgehead atoms. The van der Waals surface area contributed by atoms with E-state index in [0.717, 1.165) is 48.8 Å². The lowest BCUT2D eigenvalue weighted by Gasteiger charge is -2.32. The Balaban J connectivity index is 2.25. The van der Waals surface area contributed by atoms with Crippen molar-refractivity contribution in [2.24, 2.45) is 5.92 Å². The molecule has 0 radical (unpaired) electrons. The van der Waals surface area contributed by atoms with Crippen LogP contribution >= 0.6 is 0 Å². The van der Waals surface area contributed by atoms with Gasteiger partial charge in [0.15, 0.2) is 0 Å². The summed E-state index contributed by atoms with van der Waals surface area (Å²) < 4.78 is 14.0. The number of nitrogens with one attached hydrogen (secondary N) is 1. The molecule has 0 saturated carbocycles. The zero-order valence-corrected chi connectivity index (χ0v) is 10.9. The number of hydrogen-bond donors (Lipinski definition) is 1. The van der Waals surface area contributed by atoms with Gasteiger partial charge in [-0.15, -0.1) is 0 Å². The highest BCUT2D eigenvalue weighted by molar-refractivity contribution is 5.62. The SMILES string of the molecule is CNc1cc(N2CCC(C)CC2)c(F)cc1C. The summed E-state index contributed by atoms with van der Waals surface area (Å²) in [5.41, 5.74) is 2.71. The summed E-state index contributed by atoms with van der Waals surface area (Å²) in [6.45, 7) is 6.12. The number of halogens is 1. The van der Waals surface area contributed by atoms with Crippen LogP contribution in [0.3, 0.4) is 0 Å². The third-order valence-electron chi connectivity index (χ3n) is 3.69. The third-order valence-corrected chi connectivity index (χ3v) is 3.69. The predicted octanol–water partition coefficient (Wildman–Crippen LogP) is 3.41. The average molecular weight is 236 g/mol. The van der Waals surface area contributed by atoms with E-state index in [4.69, 9.17) is 0 Å². The minimum atomic E-state index is -0.101. The molecule has 1 saturated heterocycles. The van der Waals surface area contributed by atoms with Crippen LogP contribution < -0.4 is 10.2 Å². The molecule has 1 N–H and O–H groups in total.